The Morgan fingerprint density at radius 3 is 2.49 bits per heavy atom. The number of carbonyl (C=O) groups is 1. The summed E-state index contributed by atoms with van der Waals surface area (Å²) in [5, 5.41) is 9.27. The summed E-state index contributed by atoms with van der Waals surface area (Å²) in [6.45, 7) is 4.17. The molecule has 35 heavy (non-hydrogen) atoms. The molecule has 6 nitrogen and oxygen atoms in total. The van der Waals surface area contributed by atoms with Crippen LogP contribution in [-0.4, -0.2) is 49.8 Å². The van der Waals surface area contributed by atoms with Crippen molar-refractivity contribution in [1.29, 1.82) is 0 Å². The summed E-state index contributed by atoms with van der Waals surface area (Å²) in [6.07, 6.45) is 7.29. The van der Waals surface area contributed by atoms with Crippen molar-refractivity contribution < 1.29 is 18.4 Å². The van der Waals surface area contributed by atoms with Gasteiger partial charge in [0.25, 0.3) is 0 Å². The normalized spacial score (nSPS) is 23.3. The summed E-state index contributed by atoms with van der Waals surface area (Å²) in [6, 6.07) is 12.1. The Morgan fingerprint density at radius 1 is 1.11 bits per heavy atom. The fourth-order valence-electron chi connectivity index (χ4n) is 5.47. The Hall–Kier alpha value is -1.45. The summed E-state index contributed by atoms with van der Waals surface area (Å²) in [5.74, 6) is -0.00711. The monoisotopic (exact) mass is 540 g/mol. The van der Waals surface area contributed by atoms with Crippen LogP contribution in [0.2, 0.25) is 0 Å². The molecule has 2 aliphatic rings. The highest BCUT2D eigenvalue weighted by molar-refractivity contribution is 7.92. The van der Waals surface area contributed by atoms with Gasteiger partial charge in [-0.3, -0.25) is 10.0 Å². The van der Waals surface area contributed by atoms with Gasteiger partial charge in [0, 0.05) is 29.4 Å². The number of aryl methyl sites for hydroxylation is 1. The van der Waals surface area contributed by atoms with Crippen LogP contribution in [0.3, 0.4) is 0 Å². The molecule has 1 aliphatic carbocycles. The molecule has 1 atom stereocenters. The third kappa shape index (κ3) is 6.28. The van der Waals surface area contributed by atoms with Crippen LogP contribution in [0.5, 0.6) is 0 Å². The van der Waals surface area contributed by atoms with Gasteiger partial charge in [-0.15, -0.1) is 23.7 Å². The standard InChI is InChI=1S/C26H36N2O4S2.ClH/c1-2-20-8-10-22(11-9-20)23-12-13-24(33-23)26(18-25(29)27-30)14-15-28(16-17-34(26,31)32)19-21-6-4-3-5-7-21;/h8-13,21,30H,2-7,14-19H2,1H3,(H,27,29);1H/t26-;/m0./s1. The van der Waals surface area contributed by atoms with Crippen LogP contribution in [0.1, 0.15) is 62.3 Å². The summed E-state index contributed by atoms with van der Waals surface area (Å²) in [5.41, 5.74) is 3.97. The van der Waals surface area contributed by atoms with Gasteiger partial charge in [-0.2, -0.15) is 0 Å². The number of amides is 1. The predicted octanol–water partition coefficient (Wildman–Crippen LogP) is 5.19. The molecule has 0 bridgehead atoms. The smallest absolute Gasteiger partial charge is 0.245 e. The van der Waals surface area contributed by atoms with Crippen LogP contribution >= 0.6 is 23.7 Å². The van der Waals surface area contributed by atoms with Gasteiger partial charge in [0.1, 0.15) is 4.75 Å². The molecule has 1 aromatic carbocycles. The minimum absolute atomic E-state index is 0. The molecule has 2 N–H and O–H groups in total. The molecule has 1 aliphatic heterocycles. The van der Waals surface area contributed by atoms with E-state index < -0.39 is 20.5 Å². The van der Waals surface area contributed by atoms with Crippen LogP contribution in [-0.2, 0) is 25.8 Å². The van der Waals surface area contributed by atoms with Crippen molar-refractivity contribution >= 4 is 39.5 Å². The number of sulfone groups is 1. The van der Waals surface area contributed by atoms with Crippen molar-refractivity contribution in [2.75, 3.05) is 25.4 Å². The molecule has 1 aromatic heterocycles. The number of hydrogen-bond acceptors (Lipinski definition) is 6. The first-order valence-electron chi connectivity index (χ1n) is 12.4. The van der Waals surface area contributed by atoms with Gasteiger partial charge >= 0.3 is 0 Å². The molecule has 1 saturated heterocycles. The van der Waals surface area contributed by atoms with Gasteiger partial charge in [-0.05, 0) is 54.9 Å². The van der Waals surface area contributed by atoms with E-state index in [1.165, 1.54) is 49.0 Å². The molecule has 1 amide bonds. The van der Waals surface area contributed by atoms with Crippen LogP contribution in [0, 0.1) is 5.92 Å². The molecule has 0 spiro atoms. The Labute approximate surface area is 219 Å². The maximum atomic E-state index is 13.8. The van der Waals surface area contributed by atoms with Crippen molar-refractivity contribution in [3.05, 3.63) is 46.8 Å². The lowest BCUT2D eigenvalue weighted by molar-refractivity contribution is -0.130. The minimum atomic E-state index is -3.64. The first kappa shape index (κ1) is 28.1. The fourth-order valence-corrected chi connectivity index (χ4v) is 9.12. The van der Waals surface area contributed by atoms with Gasteiger partial charge in [0.05, 0.1) is 12.2 Å². The first-order valence-corrected chi connectivity index (χ1v) is 14.9. The Balaban J connectivity index is 0.00000342. The third-order valence-electron chi connectivity index (χ3n) is 7.62. The zero-order valence-corrected chi connectivity index (χ0v) is 22.8. The maximum Gasteiger partial charge on any atom is 0.245 e. The van der Waals surface area contributed by atoms with Crippen molar-refractivity contribution in [2.24, 2.45) is 5.92 Å². The van der Waals surface area contributed by atoms with Crippen molar-refractivity contribution in [2.45, 2.75) is 63.0 Å². The quantitative estimate of drug-likeness (QED) is 0.373. The second-order valence-corrected chi connectivity index (χ2v) is 13.3. The van der Waals surface area contributed by atoms with Gasteiger partial charge in [-0.25, -0.2) is 13.9 Å². The number of nitrogens with zero attached hydrogens (tertiary/aromatic N) is 1. The molecule has 2 fully saturated rings. The second kappa shape index (κ2) is 12.2. The summed E-state index contributed by atoms with van der Waals surface area (Å²) in [7, 11) is -3.64. The molecule has 2 aromatic rings. The molecule has 4 rings (SSSR count). The first-order chi connectivity index (χ1) is 16.4. The third-order valence-corrected chi connectivity index (χ3v) is 11.6. The fraction of sp³-hybridized carbons (Fsp3) is 0.577. The average Bonchev–Trinajstić information content (AvgIpc) is 3.31. The molecule has 1 saturated carbocycles. The SMILES string of the molecule is CCc1ccc(-c2ccc([C@@]3(CC(=O)NO)CCN(CC4CCCCC4)CCS3(=O)=O)s2)cc1.Cl. The van der Waals surface area contributed by atoms with E-state index in [-0.39, 0.29) is 24.6 Å². The number of halogens is 1. The molecule has 2 heterocycles. The van der Waals surface area contributed by atoms with E-state index in [0.29, 0.717) is 30.3 Å². The topological polar surface area (TPSA) is 86.7 Å². The highest BCUT2D eigenvalue weighted by atomic mass is 35.5. The van der Waals surface area contributed by atoms with Crippen molar-refractivity contribution in [3.8, 4) is 10.4 Å². The van der Waals surface area contributed by atoms with E-state index in [9.17, 15) is 18.4 Å². The number of carbonyl (C=O) groups excluding carboxylic acids is 1. The Kier molecular flexibility index (Phi) is 9.80. The zero-order chi connectivity index (χ0) is 24.2. The number of hydrogen-bond donors (Lipinski definition) is 2. The van der Waals surface area contributed by atoms with Crippen LogP contribution < -0.4 is 5.48 Å². The lowest BCUT2D eigenvalue weighted by Crippen LogP contribution is -2.41. The maximum absolute atomic E-state index is 13.8. The van der Waals surface area contributed by atoms with Crippen LogP contribution in [0.4, 0.5) is 0 Å². The van der Waals surface area contributed by atoms with E-state index in [4.69, 9.17) is 0 Å². The van der Waals surface area contributed by atoms with Gasteiger partial charge in [0.15, 0.2) is 9.84 Å². The number of hydroxylamine groups is 1. The number of benzene rings is 1. The summed E-state index contributed by atoms with van der Waals surface area (Å²) >= 11 is 1.45. The lowest BCUT2D eigenvalue weighted by atomic mass is 9.88. The highest BCUT2D eigenvalue weighted by Crippen LogP contribution is 2.45. The summed E-state index contributed by atoms with van der Waals surface area (Å²) in [4.78, 5) is 16.3. The number of thiophene rings is 1. The molecule has 0 unspecified atom stereocenters. The number of nitrogens with one attached hydrogen (secondary N) is 1. The zero-order valence-electron chi connectivity index (χ0n) is 20.4. The highest BCUT2D eigenvalue weighted by Gasteiger charge is 2.49. The molecule has 9 heteroatoms. The molecular formula is C26H37ClN2O4S2. The van der Waals surface area contributed by atoms with E-state index in [0.717, 1.165) is 23.4 Å². The predicted molar refractivity (Wildman–Crippen MR) is 144 cm³/mol. The largest absolute Gasteiger partial charge is 0.302 e. The van der Waals surface area contributed by atoms with Gasteiger partial charge in [0.2, 0.25) is 5.91 Å². The van der Waals surface area contributed by atoms with E-state index in [2.05, 4.69) is 36.1 Å². The Bertz CT molecular complexity index is 1080. The van der Waals surface area contributed by atoms with Crippen LogP contribution in [0.25, 0.3) is 10.4 Å². The van der Waals surface area contributed by atoms with Crippen LogP contribution in [0.15, 0.2) is 36.4 Å². The average molecular weight is 541 g/mol. The van der Waals surface area contributed by atoms with Crippen molar-refractivity contribution in [1.82, 2.24) is 10.4 Å². The van der Waals surface area contributed by atoms with E-state index >= 15 is 0 Å². The van der Waals surface area contributed by atoms with E-state index in [1.54, 1.807) is 5.48 Å². The van der Waals surface area contributed by atoms with Gasteiger partial charge in [-0.1, -0.05) is 50.5 Å². The summed E-state index contributed by atoms with van der Waals surface area (Å²) < 4.78 is 26.2. The molecular weight excluding hydrogens is 504 g/mol. The molecule has 194 valence electrons. The van der Waals surface area contributed by atoms with E-state index in [1.807, 2.05) is 12.1 Å². The lowest BCUT2D eigenvalue weighted by Gasteiger charge is -2.31. The minimum Gasteiger partial charge on any atom is -0.302 e. The second-order valence-electron chi connectivity index (χ2n) is 9.79. The van der Waals surface area contributed by atoms with Crippen molar-refractivity contribution in [3.63, 3.8) is 0 Å². The molecule has 0 radical (unpaired) electrons. The Morgan fingerprint density at radius 2 is 1.83 bits per heavy atom. The van der Waals surface area contributed by atoms with Gasteiger partial charge < -0.3 is 4.90 Å². The number of rotatable bonds is 7.